The fourth-order valence-corrected chi connectivity index (χ4v) is 1.30. The van der Waals surface area contributed by atoms with Crippen molar-refractivity contribution in [3.63, 3.8) is 0 Å². The lowest BCUT2D eigenvalue weighted by molar-refractivity contribution is -0.144. The summed E-state index contributed by atoms with van der Waals surface area (Å²) < 4.78 is 0. The molecule has 1 amide bonds. The van der Waals surface area contributed by atoms with Gasteiger partial charge in [-0.25, -0.2) is 0 Å². The molecule has 0 bridgehead atoms. The van der Waals surface area contributed by atoms with Gasteiger partial charge in [0.2, 0.25) is 5.91 Å². The minimum absolute atomic E-state index is 0.108. The molecular formula is C9H18N2O. The van der Waals surface area contributed by atoms with Gasteiger partial charge in [-0.1, -0.05) is 20.8 Å². The summed E-state index contributed by atoms with van der Waals surface area (Å²) in [7, 11) is 0. The molecule has 1 fully saturated rings. The molecule has 3 nitrogen and oxygen atoms in total. The molecule has 0 aromatic heterocycles. The molecule has 70 valence electrons. The maximum Gasteiger partial charge on any atom is 0.241 e. The van der Waals surface area contributed by atoms with Crippen LogP contribution in [0.15, 0.2) is 0 Å². The van der Waals surface area contributed by atoms with E-state index in [2.05, 4.69) is 20.8 Å². The fourth-order valence-electron chi connectivity index (χ4n) is 1.30. The summed E-state index contributed by atoms with van der Waals surface area (Å²) in [5.74, 6) is 0.108. The van der Waals surface area contributed by atoms with Gasteiger partial charge >= 0.3 is 0 Å². The number of nitrogens with zero attached hydrogens (tertiary/aromatic N) is 1. The Bertz CT molecular complexity index is 189. The van der Waals surface area contributed by atoms with E-state index < -0.39 is 0 Å². The predicted octanol–water partition coefficient (Wildman–Crippen LogP) is 0.592. The first-order chi connectivity index (χ1) is 5.46. The Morgan fingerprint density at radius 3 is 2.58 bits per heavy atom. The largest absolute Gasteiger partial charge is 0.339 e. The molecule has 2 N–H and O–H groups in total. The van der Waals surface area contributed by atoms with Crippen molar-refractivity contribution in [1.82, 2.24) is 4.90 Å². The van der Waals surface area contributed by atoms with Crippen molar-refractivity contribution in [2.45, 2.75) is 33.2 Å². The molecule has 0 radical (unpaired) electrons. The van der Waals surface area contributed by atoms with Crippen LogP contribution in [0.4, 0.5) is 0 Å². The van der Waals surface area contributed by atoms with Gasteiger partial charge in [-0.05, 0) is 11.8 Å². The number of β-lactam (4-membered cyclic amide) rings is 1. The first-order valence-electron chi connectivity index (χ1n) is 4.50. The van der Waals surface area contributed by atoms with Crippen molar-refractivity contribution < 1.29 is 4.79 Å². The highest BCUT2D eigenvalue weighted by Crippen LogP contribution is 2.23. The number of carbonyl (C=O) groups is 1. The molecule has 3 heteroatoms. The summed E-state index contributed by atoms with van der Waals surface area (Å²) in [5.41, 5.74) is 5.71. The minimum atomic E-state index is -0.224. The Hall–Kier alpha value is -0.570. The molecule has 0 aromatic rings. The second-order valence-corrected chi connectivity index (χ2v) is 4.34. The van der Waals surface area contributed by atoms with E-state index in [0.29, 0.717) is 0 Å². The second-order valence-electron chi connectivity index (χ2n) is 4.34. The highest BCUT2D eigenvalue weighted by atomic mass is 16.2. The van der Waals surface area contributed by atoms with Gasteiger partial charge in [0, 0.05) is 13.1 Å². The summed E-state index contributed by atoms with van der Waals surface area (Å²) in [4.78, 5) is 13.0. The molecule has 1 aliphatic heterocycles. The molecule has 0 aromatic carbocycles. The van der Waals surface area contributed by atoms with Crippen LogP contribution in [-0.2, 0) is 4.79 Å². The molecule has 1 rings (SSSR count). The zero-order valence-corrected chi connectivity index (χ0v) is 8.13. The van der Waals surface area contributed by atoms with E-state index in [1.807, 2.05) is 4.90 Å². The van der Waals surface area contributed by atoms with E-state index in [1.165, 1.54) is 0 Å². The molecule has 1 atom stereocenters. The number of amides is 1. The van der Waals surface area contributed by atoms with Crippen LogP contribution < -0.4 is 5.73 Å². The number of hydrogen-bond acceptors (Lipinski definition) is 2. The van der Waals surface area contributed by atoms with Crippen molar-refractivity contribution in [3.05, 3.63) is 0 Å². The lowest BCUT2D eigenvalue weighted by atomic mass is 9.88. The lowest BCUT2D eigenvalue weighted by Crippen LogP contribution is -2.62. The van der Waals surface area contributed by atoms with E-state index in [1.54, 1.807) is 0 Å². The molecule has 1 saturated heterocycles. The Kier molecular flexibility index (Phi) is 2.42. The van der Waals surface area contributed by atoms with Crippen molar-refractivity contribution in [2.24, 2.45) is 11.1 Å². The van der Waals surface area contributed by atoms with Gasteiger partial charge in [0.05, 0.1) is 0 Å². The third kappa shape index (κ3) is 1.78. The van der Waals surface area contributed by atoms with Gasteiger partial charge in [-0.2, -0.15) is 0 Å². The van der Waals surface area contributed by atoms with Crippen molar-refractivity contribution in [3.8, 4) is 0 Å². The predicted molar refractivity (Wildman–Crippen MR) is 48.6 cm³/mol. The fraction of sp³-hybridized carbons (Fsp3) is 0.889. The highest BCUT2D eigenvalue weighted by Gasteiger charge is 2.36. The summed E-state index contributed by atoms with van der Waals surface area (Å²) in [5, 5.41) is 0. The maximum absolute atomic E-state index is 11.2. The molecule has 1 unspecified atom stereocenters. The van der Waals surface area contributed by atoms with Gasteiger partial charge < -0.3 is 10.6 Å². The molecule has 0 saturated carbocycles. The number of nitrogens with two attached hydrogens (primary N) is 1. The maximum atomic E-state index is 11.2. The third-order valence-corrected chi connectivity index (χ3v) is 2.62. The van der Waals surface area contributed by atoms with Crippen LogP contribution in [0.1, 0.15) is 27.2 Å². The Morgan fingerprint density at radius 1 is 1.67 bits per heavy atom. The molecule has 0 aliphatic carbocycles. The van der Waals surface area contributed by atoms with Crippen LogP contribution in [0, 0.1) is 5.41 Å². The van der Waals surface area contributed by atoms with Crippen LogP contribution in [-0.4, -0.2) is 29.9 Å². The first kappa shape index (κ1) is 9.52. The van der Waals surface area contributed by atoms with Crippen molar-refractivity contribution in [1.29, 1.82) is 0 Å². The molecule has 12 heavy (non-hydrogen) atoms. The van der Waals surface area contributed by atoms with Crippen molar-refractivity contribution in [2.75, 3.05) is 13.1 Å². The van der Waals surface area contributed by atoms with Gasteiger partial charge in [0.25, 0.3) is 0 Å². The van der Waals surface area contributed by atoms with Crippen LogP contribution in [0.5, 0.6) is 0 Å². The molecule has 1 aliphatic rings. The zero-order valence-electron chi connectivity index (χ0n) is 8.13. The van der Waals surface area contributed by atoms with Gasteiger partial charge in [0.15, 0.2) is 0 Å². The number of hydrogen-bond donors (Lipinski definition) is 1. The minimum Gasteiger partial charge on any atom is -0.339 e. The standard InChI is InChI=1S/C9H18N2O/c1-4-9(2,3)6-11-5-7(10)8(11)12/h7H,4-6,10H2,1-3H3. The quantitative estimate of drug-likeness (QED) is 0.630. The summed E-state index contributed by atoms with van der Waals surface area (Å²) in [6, 6.07) is -0.224. The van der Waals surface area contributed by atoms with E-state index >= 15 is 0 Å². The average Bonchev–Trinajstić information content (AvgIpc) is 2.03. The number of rotatable bonds is 3. The third-order valence-electron chi connectivity index (χ3n) is 2.62. The van der Waals surface area contributed by atoms with Crippen molar-refractivity contribution >= 4 is 5.91 Å². The highest BCUT2D eigenvalue weighted by molar-refractivity contribution is 5.87. The van der Waals surface area contributed by atoms with Crippen LogP contribution in [0.2, 0.25) is 0 Å². The lowest BCUT2D eigenvalue weighted by Gasteiger charge is -2.41. The molecule has 1 heterocycles. The average molecular weight is 170 g/mol. The van der Waals surface area contributed by atoms with Gasteiger partial charge in [0.1, 0.15) is 6.04 Å². The zero-order chi connectivity index (χ0) is 9.35. The Balaban J connectivity index is 2.39. The van der Waals surface area contributed by atoms with Crippen LogP contribution in [0.3, 0.4) is 0 Å². The van der Waals surface area contributed by atoms with Gasteiger partial charge in [-0.15, -0.1) is 0 Å². The summed E-state index contributed by atoms with van der Waals surface area (Å²) in [6.07, 6.45) is 1.09. The Morgan fingerprint density at radius 2 is 2.25 bits per heavy atom. The molecular weight excluding hydrogens is 152 g/mol. The Labute approximate surface area is 73.9 Å². The summed E-state index contributed by atoms with van der Waals surface area (Å²) in [6.45, 7) is 8.07. The van der Waals surface area contributed by atoms with Gasteiger partial charge in [-0.3, -0.25) is 4.79 Å². The molecule has 0 spiro atoms. The smallest absolute Gasteiger partial charge is 0.241 e. The van der Waals surface area contributed by atoms with E-state index in [-0.39, 0.29) is 17.4 Å². The van der Waals surface area contributed by atoms with Crippen LogP contribution in [0.25, 0.3) is 0 Å². The monoisotopic (exact) mass is 170 g/mol. The summed E-state index contributed by atoms with van der Waals surface area (Å²) >= 11 is 0. The van der Waals surface area contributed by atoms with E-state index in [4.69, 9.17) is 5.73 Å². The van der Waals surface area contributed by atoms with E-state index in [0.717, 1.165) is 19.5 Å². The normalized spacial score (nSPS) is 24.2. The number of likely N-dealkylation sites (tertiary alicyclic amines) is 1. The van der Waals surface area contributed by atoms with E-state index in [9.17, 15) is 4.79 Å². The second kappa shape index (κ2) is 3.05. The topological polar surface area (TPSA) is 46.3 Å². The first-order valence-corrected chi connectivity index (χ1v) is 4.50. The SMILES string of the molecule is CCC(C)(C)CN1CC(N)C1=O. The van der Waals surface area contributed by atoms with Crippen LogP contribution >= 0.6 is 0 Å². The number of carbonyl (C=O) groups excluding carboxylic acids is 1.